The van der Waals surface area contributed by atoms with Crippen LogP contribution in [0.25, 0.3) is 10.2 Å². The molecule has 0 aliphatic heterocycles. The van der Waals surface area contributed by atoms with Crippen molar-refractivity contribution in [2.75, 3.05) is 20.3 Å². The molecule has 0 atom stereocenters. The molecule has 3 rings (SSSR count). The summed E-state index contributed by atoms with van der Waals surface area (Å²) in [6.45, 7) is 1.17. The number of rotatable bonds is 6. The van der Waals surface area contributed by atoms with Crippen molar-refractivity contribution in [3.05, 3.63) is 27.1 Å². The quantitative estimate of drug-likeness (QED) is 0.812. The van der Waals surface area contributed by atoms with E-state index in [2.05, 4.69) is 10.3 Å². The zero-order chi connectivity index (χ0) is 16.2. The molecular weight excluding hydrogens is 314 g/mol. The van der Waals surface area contributed by atoms with E-state index < -0.39 is 0 Å². The van der Waals surface area contributed by atoms with Gasteiger partial charge in [0.15, 0.2) is 0 Å². The second-order valence-electron chi connectivity index (χ2n) is 5.76. The fourth-order valence-corrected chi connectivity index (χ4v) is 4.17. The molecule has 1 amide bonds. The maximum absolute atomic E-state index is 12.7. The largest absolute Gasteiger partial charge is 0.385 e. The van der Waals surface area contributed by atoms with Crippen molar-refractivity contribution in [1.29, 1.82) is 0 Å². The Balaban J connectivity index is 1.78. The van der Waals surface area contributed by atoms with E-state index in [1.54, 1.807) is 18.4 Å². The number of thiophene rings is 1. The van der Waals surface area contributed by atoms with Gasteiger partial charge in [0, 0.05) is 25.1 Å². The SMILES string of the molecule is COCCCNC(=O)Cn1cnc2sc3c(c2c1=O)CCCC3. The molecule has 7 heteroatoms. The number of nitrogens with one attached hydrogen (secondary N) is 1. The number of carbonyl (C=O) groups excluding carboxylic acids is 1. The highest BCUT2D eigenvalue weighted by Crippen LogP contribution is 2.33. The van der Waals surface area contributed by atoms with E-state index in [-0.39, 0.29) is 18.0 Å². The maximum Gasteiger partial charge on any atom is 0.262 e. The van der Waals surface area contributed by atoms with Crippen LogP contribution in [0.4, 0.5) is 0 Å². The highest BCUT2D eigenvalue weighted by atomic mass is 32.1. The van der Waals surface area contributed by atoms with Crippen molar-refractivity contribution in [3.63, 3.8) is 0 Å². The number of fused-ring (bicyclic) bond motifs is 3. The van der Waals surface area contributed by atoms with E-state index in [0.29, 0.717) is 13.2 Å². The van der Waals surface area contributed by atoms with Gasteiger partial charge in [-0.15, -0.1) is 11.3 Å². The third kappa shape index (κ3) is 3.45. The van der Waals surface area contributed by atoms with Gasteiger partial charge in [-0.2, -0.15) is 0 Å². The van der Waals surface area contributed by atoms with Crippen molar-refractivity contribution < 1.29 is 9.53 Å². The Bertz CT molecular complexity index is 766. The molecule has 2 heterocycles. The molecule has 1 aliphatic carbocycles. The van der Waals surface area contributed by atoms with Gasteiger partial charge in [-0.3, -0.25) is 14.2 Å². The Morgan fingerprint density at radius 3 is 3.09 bits per heavy atom. The molecule has 2 aromatic heterocycles. The molecule has 0 unspecified atom stereocenters. The van der Waals surface area contributed by atoms with Gasteiger partial charge in [0.25, 0.3) is 5.56 Å². The Hall–Kier alpha value is -1.73. The summed E-state index contributed by atoms with van der Waals surface area (Å²) in [6.07, 6.45) is 6.52. The fourth-order valence-electron chi connectivity index (χ4n) is 2.95. The van der Waals surface area contributed by atoms with E-state index >= 15 is 0 Å². The maximum atomic E-state index is 12.7. The second-order valence-corrected chi connectivity index (χ2v) is 6.85. The van der Waals surface area contributed by atoms with Crippen LogP contribution < -0.4 is 10.9 Å². The topological polar surface area (TPSA) is 73.2 Å². The van der Waals surface area contributed by atoms with E-state index in [9.17, 15) is 9.59 Å². The molecule has 1 aliphatic rings. The smallest absolute Gasteiger partial charge is 0.262 e. The average Bonchev–Trinajstić information content (AvgIpc) is 2.93. The molecular formula is C16H21N3O3S. The van der Waals surface area contributed by atoms with Crippen LogP contribution >= 0.6 is 11.3 Å². The van der Waals surface area contributed by atoms with Crippen molar-refractivity contribution in [2.45, 2.75) is 38.6 Å². The number of ether oxygens (including phenoxy) is 1. The highest BCUT2D eigenvalue weighted by Gasteiger charge is 2.20. The van der Waals surface area contributed by atoms with Crippen molar-refractivity contribution in [2.24, 2.45) is 0 Å². The second kappa shape index (κ2) is 7.23. The van der Waals surface area contributed by atoms with Gasteiger partial charge in [-0.1, -0.05) is 0 Å². The van der Waals surface area contributed by atoms with E-state index in [4.69, 9.17) is 4.74 Å². The van der Waals surface area contributed by atoms with Gasteiger partial charge < -0.3 is 10.1 Å². The van der Waals surface area contributed by atoms with Gasteiger partial charge in [0.2, 0.25) is 5.91 Å². The van der Waals surface area contributed by atoms with Crippen molar-refractivity contribution in [3.8, 4) is 0 Å². The van der Waals surface area contributed by atoms with Gasteiger partial charge >= 0.3 is 0 Å². The van der Waals surface area contributed by atoms with Crippen LogP contribution in [0.2, 0.25) is 0 Å². The van der Waals surface area contributed by atoms with Gasteiger partial charge in [0.1, 0.15) is 11.4 Å². The number of aromatic nitrogens is 2. The number of carbonyl (C=O) groups is 1. The van der Waals surface area contributed by atoms with Gasteiger partial charge in [-0.25, -0.2) is 4.98 Å². The molecule has 0 radical (unpaired) electrons. The molecule has 0 saturated carbocycles. The van der Waals surface area contributed by atoms with Crippen molar-refractivity contribution >= 4 is 27.5 Å². The summed E-state index contributed by atoms with van der Waals surface area (Å²) < 4.78 is 6.35. The number of hydrogen-bond acceptors (Lipinski definition) is 5. The van der Waals surface area contributed by atoms with Gasteiger partial charge in [-0.05, 0) is 37.7 Å². The Kier molecular flexibility index (Phi) is 5.07. The van der Waals surface area contributed by atoms with Crippen LogP contribution in [-0.4, -0.2) is 35.7 Å². The summed E-state index contributed by atoms with van der Waals surface area (Å²) >= 11 is 1.62. The Labute approximate surface area is 138 Å². The lowest BCUT2D eigenvalue weighted by atomic mass is 9.97. The third-order valence-electron chi connectivity index (χ3n) is 4.10. The lowest BCUT2D eigenvalue weighted by Crippen LogP contribution is -2.33. The number of methoxy groups -OCH3 is 1. The number of hydrogen-bond donors (Lipinski definition) is 1. The zero-order valence-corrected chi connectivity index (χ0v) is 14.1. The van der Waals surface area contributed by atoms with Crippen LogP contribution in [0.15, 0.2) is 11.1 Å². The minimum Gasteiger partial charge on any atom is -0.385 e. The molecule has 23 heavy (non-hydrogen) atoms. The Morgan fingerprint density at radius 2 is 2.26 bits per heavy atom. The molecule has 0 bridgehead atoms. The summed E-state index contributed by atoms with van der Waals surface area (Å²) in [4.78, 5) is 31.1. The summed E-state index contributed by atoms with van der Waals surface area (Å²) in [5.74, 6) is -0.173. The molecule has 0 spiro atoms. The van der Waals surface area contributed by atoms with Gasteiger partial charge in [0.05, 0.1) is 11.7 Å². The lowest BCUT2D eigenvalue weighted by molar-refractivity contribution is -0.121. The summed E-state index contributed by atoms with van der Waals surface area (Å²) in [6, 6.07) is 0. The number of nitrogens with zero attached hydrogens (tertiary/aromatic N) is 2. The molecule has 2 aromatic rings. The average molecular weight is 335 g/mol. The molecule has 0 saturated heterocycles. The first kappa shape index (κ1) is 16.1. The van der Waals surface area contributed by atoms with Crippen LogP contribution in [-0.2, 0) is 28.9 Å². The first-order valence-corrected chi connectivity index (χ1v) is 8.77. The van der Waals surface area contributed by atoms with E-state index in [0.717, 1.165) is 41.5 Å². The summed E-state index contributed by atoms with van der Waals surface area (Å²) in [5, 5.41) is 3.52. The molecule has 6 nitrogen and oxygen atoms in total. The minimum atomic E-state index is -0.173. The lowest BCUT2D eigenvalue weighted by Gasteiger charge is -2.10. The monoisotopic (exact) mass is 335 g/mol. The summed E-state index contributed by atoms with van der Waals surface area (Å²) in [7, 11) is 1.63. The van der Waals surface area contributed by atoms with Crippen molar-refractivity contribution in [1.82, 2.24) is 14.9 Å². The van der Waals surface area contributed by atoms with E-state index in [1.165, 1.54) is 22.2 Å². The molecule has 0 fully saturated rings. The minimum absolute atomic E-state index is 0.0133. The number of aryl methyl sites for hydroxylation is 2. The number of amides is 1. The summed E-state index contributed by atoms with van der Waals surface area (Å²) in [5.41, 5.74) is 1.06. The van der Waals surface area contributed by atoms with Crippen LogP contribution in [0, 0.1) is 0 Å². The predicted molar refractivity (Wildman–Crippen MR) is 90.0 cm³/mol. The first-order chi connectivity index (χ1) is 11.2. The molecule has 124 valence electrons. The van der Waals surface area contributed by atoms with E-state index in [1.807, 2.05) is 0 Å². The third-order valence-corrected chi connectivity index (χ3v) is 5.30. The zero-order valence-electron chi connectivity index (χ0n) is 13.3. The molecule has 1 N–H and O–H groups in total. The fraction of sp³-hybridized carbons (Fsp3) is 0.562. The Morgan fingerprint density at radius 1 is 1.43 bits per heavy atom. The van der Waals surface area contributed by atoms with Crippen LogP contribution in [0.3, 0.4) is 0 Å². The van der Waals surface area contributed by atoms with Crippen LogP contribution in [0.5, 0.6) is 0 Å². The first-order valence-electron chi connectivity index (χ1n) is 7.96. The van der Waals surface area contributed by atoms with Crippen LogP contribution in [0.1, 0.15) is 29.7 Å². The predicted octanol–water partition coefficient (Wildman–Crippen LogP) is 1.49. The normalized spacial score (nSPS) is 14.0. The highest BCUT2D eigenvalue weighted by molar-refractivity contribution is 7.18. The standard InChI is InChI=1S/C16H21N3O3S/c1-22-8-4-7-17-13(20)9-19-10-18-15-14(16(19)21)11-5-2-3-6-12(11)23-15/h10H,2-9H2,1H3,(H,17,20). The molecule has 0 aromatic carbocycles.